The van der Waals surface area contributed by atoms with Gasteiger partial charge in [0.1, 0.15) is 23.2 Å². The van der Waals surface area contributed by atoms with Gasteiger partial charge < -0.3 is 10.1 Å². The number of ether oxygens (including phenoxy) is 1. The minimum atomic E-state index is -0.484. The van der Waals surface area contributed by atoms with Crippen molar-refractivity contribution in [3.63, 3.8) is 0 Å². The molecule has 1 aromatic carbocycles. The zero-order valence-corrected chi connectivity index (χ0v) is 13.8. The number of aromatic nitrogens is 1. The third kappa shape index (κ3) is 5.26. The van der Waals surface area contributed by atoms with Gasteiger partial charge in [-0.3, -0.25) is 0 Å². The van der Waals surface area contributed by atoms with Gasteiger partial charge in [0, 0.05) is 23.5 Å². The lowest BCUT2D eigenvalue weighted by Gasteiger charge is -2.19. The van der Waals surface area contributed by atoms with Crippen LogP contribution in [-0.4, -0.2) is 10.5 Å². The summed E-state index contributed by atoms with van der Waals surface area (Å²) in [5, 5.41) is 6.43. The van der Waals surface area contributed by atoms with E-state index >= 15 is 0 Å². The molecule has 1 N–H and O–H groups in total. The first kappa shape index (κ1) is 16.2. The molecule has 0 bridgehead atoms. The molecule has 0 spiro atoms. The van der Waals surface area contributed by atoms with Crippen LogP contribution in [0.25, 0.3) is 0 Å². The molecule has 0 fully saturated rings. The molecular weight excluding hydrogens is 311 g/mol. The fraction of sp³-hybridized carbons (Fsp3) is 0.400. The van der Waals surface area contributed by atoms with Gasteiger partial charge in [-0.25, -0.2) is 9.37 Å². The number of nitrogens with zero attached hydrogens (tertiary/aromatic N) is 1. The largest absolute Gasteiger partial charge is 0.487 e. The fourth-order valence-electron chi connectivity index (χ4n) is 1.56. The van der Waals surface area contributed by atoms with Crippen LogP contribution in [-0.2, 0) is 13.2 Å². The van der Waals surface area contributed by atoms with E-state index in [2.05, 4.69) is 31.1 Å². The first-order valence-electron chi connectivity index (χ1n) is 6.60. The maximum atomic E-state index is 13.3. The standard InChI is InChI=1S/C15H18ClFN2OS/c1-15(2,3)18-7-14-19-10(9-21-14)8-20-11-4-5-12(16)13(17)6-11/h4-6,9,18H,7-8H2,1-3H3. The van der Waals surface area contributed by atoms with Crippen molar-refractivity contribution in [2.45, 2.75) is 39.5 Å². The van der Waals surface area contributed by atoms with Crippen LogP contribution in [0.1, 0.15) is 31.5 Å². The average molecular weight is 329 g/mol. The topological polar surface area (TPSA) is 34.2 Å². The predicted molar refractivity (Wildman–Crippen MR) is 84.4 cm³/mol. The Bertz CT molecular complexity index is 610. The zero-order valence-electron chi connectivity index (χ0n) is 12.2. The van der Waals surface area contributed by atoms with Crippen LogP contribution in [0.5, 0.6) is 5.75 Å². The van der Waals surface area contributed by atoms with Gasteiger partial charge in [-0.1, -0.05) is 11.6 Å². The first-order chi connectivity index (χ1) is 9.83. The Morgan fingerprint density at radius 3 is 2.81 bits per heavy atom. The van der Waals surface area contributed by atoms with E-state index in [1.807, 2.05) is 5.38 Å². The minimum Gasteiger partial charge on any atom is -0.487 e. The molecule has 0 saturated carbocycles. The van der Waals surface area contributed by atoms with Crippen molar-refractivity contribution in [3.05, 3.63) is 45.1 Å². The van der Waals surface area contributed by atoms with E-state index in [9.17, 15) is 4.39 Å². The smallest absolute Gasteiger partial charge is 0.145 e. The Balaban J connectivity index is 1.89. The number of nitrogens with one attached hydrogen (secondary N) is 1. The zero-order chi connectivity index (χ0) is 15.5. The quantitative estimate of drug-likeness (QED) is 0.883. The van der Waals surface area contributed by atoms with Crippen LogP contribution in [0.3, 0.4) is 0 Å². The van der Waals surface area contributed by atoms with Gasteiger partial charge in [0.2, 0.25) is 0 Å². The van der Waals surface area contributed by atoms with Crippen LogP contribution in [0.15, 0.2) is 23.6 Å². The maximum absolute atomic E-state index is 13.3. The molecule has 21 heavy (non-hydrogen) atoms. The third-order valence-electron chi connectivity index (χ3n) is 2.65. The van der Waals surface area contributed by atoms with Crippen molar-refractivity contribution in [1.82, 2.24) is 10.3 Å². The summed E-state index contributed by atoms with van der Waals surface area (Å²) in [6.07, 6.45) is 0. The highest BCUT2D eigenvalue weighted by molar-refractivity contribution is 7.09. The van der Waals surface area contributed by atoms with Crippen LogP contribution in [0, 0.1) is 5.82 Å². The Hall–Kier alpha value is -1.17. The van der Waals surface area contributed by atoms with E-state index in [1.54, 1.807) is 17.4 Å². The second kappa shape index (κ2) is 6.73. The van der Waals surface area contributed by atoms with Crippen LogP contribution in [0.2, 0.25) is 5.02 Å². The normalized spacial score (nSPS) is 11.7. The molecule has 0 radical (unpaired) electrons. The third-order valence-corrected chi connectivity index (χ3v) is 3.85. The molecule has 0 atom stereocenters. The van der Waals surface area contributed by atoms with Gasteiger partial charge >= 0.3 is 0 Å². The number of halogens is 2. The summed E-state index contributed by atoms with van der Waals surface area (Å²) in [6, 6.07) is 4.39. The summed E-state index contributed by atoms with van der Waals surface area (Å²) >= 11 is 7.21. The van der Waals surface area contributed by atoms with Gasteiger partial charge in [0.25, 0.3) is 0 Å². The van der Waals surface area contributed by atoms with E-state index in [-0.39, 0.29) is 10.6 Å². The Morgan fingerprint density at radius 1 is 1.38 bits per heavy atom. The molecule has 2 rings (SSSR count). The summed E-state index contributed by atoms with van der Waals surface area (Å²) in [7, 11) is 0. The van der Waals surface area contributed by atoms with Crippen LogP contribution >= 0.6 is 22.9 Å². The molecule has 0 saturated heterocycles. The van der Waals surface area contributed by atoms with Crippen molar-refractivity contribution in [2.24, 2.45) is 0 Å². The summed E-state index contributed by atoms with van der Waals surface area (Å²) in [4.78, 5) is 4.48. The average Bonchev–Trinajstić information content (AvgIpc) is 2.85. The van der Waals surface area contributed by atoms with Gasteiger partial charge in [-0.05, 0) is 32.9 Å². The van der Waals surface area contributed by atoms with E-state index < -0.39 is 5.82 Å². The Morgan fingerprint density at radius 2 is 2.14 bits per heavy atom. The van der Waals surface area contributed by atoms with Crippen LogP contribution in [0.4, 0.5) is 4.39 Å². The predicted octanol–water partition coefficient (Wildman–Crippen LogP) is 4.40. The summed E-state index contributed by atoms with van der Waals surface area (Å²) in [5.74, 6) is -0.0400. The van der Waals surface area contributed by atoms with Gasteiger partial charge in [0.05, 0.1) is 10.7 Å². The van der Waals surface area contributed by atoms with E-state index in [4.69, 9.17) is 16.3 Å². The van der Waals surface area contributed by atoms with Crippen molar-refractivity contribution in [2.75, 3.05) is 0 Å². The Kier molecular flexibility index (Phi) is 5.19. The van der Waals surface area contributed by atoms with E-state index in [0.717, 1.165) is 17.2 Å². The SMILES string of the molecule is CC(C)(C)NCc1nc(COc2ccc(Cl)c(F)c2)cs1. The van der Waals surface area contributed by atoms with Gasteiger partial charge in [-0.15, -0.1) is 11.3 Å². The fourth-order valence-corrected chi connectivity index (χ4v) is 2.40. The minimum absolute atomic E-state index is 0.0587. The van der Waals surface area contributed by atoms with Crippen molar-refractivity contribution >= 4 is 22.9 Å². The molecule has 0 amide bonds. The molecule has 0 aliphatic rings. The highest BCUT2D eigenvalue weighted by atomic mass is 35.5. The summed E-state index contributed by atoms with van der Waals surface area (Å²) < 4.78 is 18.8. The van der Waals surface area contributed by atoms with Crippen molar-refractivity contribution < 1.29 is 9.13 Å². The second-order valence-corrected chi connectivity index (χ2v) is 7.05. The highest BCUT2D eigenvalue weighted by Gasteiger charge is 2.10. The number of thiazole rings is 1. The second-order valence-electron chi connectivity index (χ2n) is 5.70. The van der Waals surface area contributed by atoms with Crippen molar-refractivity contribution in [1.29, 1.82) is 0 Å². The molecule has 114 valence electrons. The lowest BCUT2D eigenvalue weighted by molar-refractivity contribution is 0.300. The maximum Gasteiger partial charge on any atom is 0.145 e. The summed E-state index contributed by atoms with van der Waals surface area (Å²) in [6.45, 7) is 7.37. The molecule has 0 aliphatic heterocycles. The monoisotopic (exact) mass is 328 g/mol. The number of rotatable bonds is 5. The number of hydrogen-bond acceptors (Lipinski definition) is 4. The van der Waals surface area contributed by atoms with E-state index in [1.165, 1.54) is 12.1 Å². The van der Waals surface area contributed by atoms with Crippen molar-refractivity contribution in [3.8, 4) is 5.75 Å². The van der Waals surface area contributed by atoms with Crippen LogP contribution < -0.4 is 10.1 Å². The lowest BCUT2D eigenvalue weighted by atomic mass is 10.1. The lowest BCUT2D eigenvalue weighted by Crippen LogP contribution is -2.35. The molecular formula is C15H18ClFN2OS. The highest BCUT2D eigenvalue weighted by Crippen LogP contribution is 2.21. The molecule has 2 aromatic rings. The summed E-state index contributed by atoms with van der Waals surface area (Å²) in [5.41, 5.74) is 0.893. The van der Waals surface area contributed by atoms with Gasteiger partial charge in [0.15, 0.2) is 0 Å². The Labute approximate surface area is 133 Å². The molecule has 0 unspecified atom stereocenters. The molecule has 6 heteroatoms. The molecule has 1 aromatic heterocycles. The number of hydrogen-bond donors (Lipinski definition) is 1. The van der Waals surface area contributed by atoms with Gasteiger partial charge in [-0.2, -0.15) is 0 Å². The molecule has 3 nitrogen and oxygen atoms in total. The molecule has 1 heterocycles. The molecule has 0 aliphatic carbocycles. The number of benzene rings is 1. The first-order valence-corrected chi connectivity index (χ1v) is 7.85. The van der Waals surface area contributed by atoms with E-state index in [0.29, 0.717) is 12.4 Å².